The van der Waals surface area contributed by atoms with Crippen molar-refractivity contribution in [3.05, 3.63) is 56.5 Å². The number of carbonyl (C=O) groups is 1. The van der Waals surface area contributed by atoms with Crippen molar-refractivity contribution in [1.82, 2.24) is 24.3 Å². The summed E-state index contributed by atoms with van der Waals surface area (Å²) in [5.41, 5.74) is 4.41. The van der Waals surface area contributed by atoms with Gasteiger partial charge in [0, 0.05) is 14.1 Å². The number of thioether (sulfide) groups is 1. The fourth-order valence-corrected chi connectivity index (χ4v) is 3.36. The third kappa shape index (κ3) is 3.36. The fourth-order valence-electron chi connectivity index (χ4n) is 2.58. The molecule has 0 bridgehead atoms. The van der Waals surface area contributed by atoms with Gasteiger partial charge in [-0.15, -0.1) is 5.10 Å². The van der Waals surface area contributed by atoms with Crippen LogP contribution in [0.3, 0.4) is 0 Å². The van der Waals surface area contributed by atoms with Gasteiger partial charge in [-0.3, -0.25) is 23.8 Å². The van der Waals surface area contributed by atoms with Gasteiger partial charge in [0.15, 0.2) is 11.6 Å². The Hall–Kier alpha value is -3.21. The van der Waals surface area contributed by atoms with Gasteiger partial charge in [0.2, 0.25) is 5.16 Å². The highest BCUT2D eigenvalue weighted by Crippen LogP contribution is 2.26. The van der Waals surface area contributed by atoms with E-state index < -0.39 is 28.1 Å². The van der Waals surface area contributed by atoms with Crippen LogP contribution in [-0.4, -0.2) is 35.3 Å². The summed E-state index contributed by atoms with van der Waals surface area (Å²) in [6.07, 6.45) is 0. The Labute approximate surface area is 162 Å². The Morgan fingerprint density at radius 2 is 1.93 bits per heavy atom. The lowest BCUT2D eigenvalue weighted by molar-refractivity contribution is 0.0992. The number of nitrogens with zero attached hydrogens (tertiary/aromatic N) is 4. The van der Waals surface area contributed by atoms with Crippen molar-refractivity contribution in [2.24, 2.45) is 14.1 Å². The Bertz CT molecular complexity index is 1180. The first-order valence-electron chi connectivity index (χ1n) is 8.16. The summed E-state index contributed by atoms with van der Waals surface area (Å²) in [4.78, 5) is 41.2. The third-order valence-electron chi connectivity index (χ3n) is 4.20. The van der Waals surface area contributed by atoms with Gasteiger partial charge in [-0.25, -0.2) is 14.2 Å². The predicted octanol–water partition coefficient (Wildman–Crippen LogP) is 0.954. The number of hydrogen-bond acceptors (Lipinski definition) is 7. The van der Waals surface area contributed by atoms with Gasteiger partial charge in [-0.2, -0.15) is 0 Å². The lowest BCUT2D eigenvalue weighted by Crippen LogP contribution is -2.42. The Morgan fingerprint density at radius 3 is 2.61 bits per heavy atom. The molecule has 0 radical (unpaired) electrons. The lowest BCUT2D eigenvalue weighted by Gasteiger charge is -2.13. The highest BCUT2D eigenvalue weighted by Gasteiger charge is 2.26. The van der Waals surface area contributed by atoms with E-state index >= 15 is 0 Å². The molecular formula is C17H17FN6O3S. The Morgan fingerprint density at radius 1 is 1.25 bits per heavy atom. The summed E-state index contributed by atoms with van der Waals surface area (Å²) >= 11 is 0.985. The molecule has 0 aliphatic carbocycles. The highest BCUT2D eigenvalue weighted by molar-refractivity contribution is 8.00. The number of anilines is 1. The molecule has 0 spiro atoms. The third-order valence-corrected chi connectivity index (χ3v) is 5.16. The van der Waals surface area contributed by atoms with Crippen molar-refractivity contribution in [2.75, 3.05) is 5.73 Å². The van der Waals surface area contributed by atoms with E-state index in [0.29, 0.717) is 0 Å². The number of rotatable bonds is 5. The molecule has 11 heteroatoms. The number of carbonyl (C=O) groups excluding carboxylic acids is 1. The van der Waals surface area contributed by atoms with E-state index in [2.05, 4.69) is 15.2 Å². The predicted molar refractivity (Wildman–Crippen MR) is 103 cm³/mol. The van der Waals surface area contributed by atoms with Crippen LogP contribution < -0.4 is 17.0 Å². The van der Waals surface area contributed by atoms with Crippen LogP contribution in [0.2, 0.25) is 0 Å². The molecule has 2 aromatic heterocycles. The zero-order valence-corrected chi connectivity index (χ0v) is 16.1. The van der Waals surface area contributed by atoms with Gasteiger partial charge < -0.3 is 5.73 Å². The highest BCUT2D eigenvalue weighted by atomic mass is 32.2. The first kappa shape index (κ1) is 19.5. The number of nitrogens with one attached hydrogen (secondary N) is 1. The number of nitrogens with two attached hydrogens (primary N) is 1. The largest absolute Gasteiger partial charge is 0.384 e. The molecule has 0 saturated carbocycles. The average molecular weight is 404 g/mol. The number of halogens is 1. The zero-order chi connectivity index (χ0) is 20.6. The van der Waals surface area contributed by atoms with Crippen LogP contribution in [0.25, 0.3) is 11.4 Å². The van der Waals surface area contributed by atoms with E-state index in [1.807, 2.05) is 0 Å². The summed E-state index contributed by atoms with van der Waals surface area (Å²) in [7, 11) is 2.65. The van der Waals surface area contributed by atoms with Crippen molar-refractivity contribution in [1.29, 1.82) is 0 Å². The smallest absolute Gasteiger partial charge is 0.332 e. The van der Waals surface area contributed by atoms with Gasteiger partial charge in [-0.1, -0.05) is 23.9 Å². The van der Waals surface area contributed by atoms with Crippen LogP contribution in [0, 0.1) is 5.82 Å². The van der Waals surface area contributed by atoms with Gasteiger partial charge in [0.25, 0.3) is 5.56 Å². The second-order valence-electron chi connectivity index (χ2n) is 6.04. The van der Waals surface area contributed by atoms with E-state index in [4.69, 9.17) is 5.73 Å². The van der Waals surface area contributed by atoms with Crippen molar-refractivity contribution in [2.45, 2.75) is 17.3 Å². The van der Waals surface area contributed by atoms with Crippen molar-refractivity contribution in [3.63, 3.8) is 0 Å². The summed E-state index contributed by atoms with van der Waals surface area (Å²) < 4.78 is 15.7. The van der Waals surface area contributed by atoms with E-state index in [1.165, 1.54) is 20.2 Å². The molecule has 0 aliphatic heterocycles. The number of aromatic nitrogens is 5. The number of benzene rings is 1. The summed E-state index contributed by atoms with van der Waals surface area (Å²) in [5.74, 6) is -0.998. The number of ketones is 1. The zero-order valence-electron chi connectivity index (χ0n) is 15.3. The van der Waals surface area contributed by atoms with Gasteiger partial charge in [-0.05, 0) is 19.1 Å². The van der Waals surface area contributed by atoms with Crippen LogP contribution in [0.15, 0.2) is 39.0 Å². The van der Waals surface area contributed by atoms with Crippen molar-refractivity contribution in [3.8, 4) is 11.4 Å². The standard InChI is InChI=1S/C17H17FN6O3S/c1-8(12(25)11-13(19)23(2)17(27)24(3)15(11)26)28-16-20-14(21-22-16)9-6-4-5-7-10(9)18/h4-8H,19H2,1-3H3,(H,20,21,22)/t8-/m0/s1. The van der Waals surface area contributed by atoms with Crippen LogP contribution in [-0.2, 0) is 14.1 Å². The second-order valence-corrected chi connectivity index (χ2v) is 7.34. The maximum absolute atomic E-state index is 13.9. The molecular weight excluding hydrogens is 387 g/mol. The minimum absolute atomic E-state index is 0.201. The molecule has 9 nitrogen and oxygen atoms in total. The topological polar surface area (TPSA) is 129 Å². The molecule has 28 heavy (non-hydrogen) atoms. The quantitative estimate of drug-likeness (QED) is 0.478. The number of hydrogen-bond donors (Lipinski definition) is 2. The van der Waals surface area contributed by atoms with Crippen molar-refractivity contribution < 1.29 is 9.18 Å². The summed E-state index contributed by atoms with van der Waals surface area (Å²) in [5, 5.41) is 6.05. The number of H-pyrrole nitrogens is 1. The Balaban J connectivity index is 1.88. The number of Topliss-reactive ketones (excluding diaryl/α,β-unsaturated/α-hetero) is 1. The first-order chi connectivity index (χ1) is 13.2. The molecule has 0 saturated heterocycles. The van der Waals surface area contributed by atoms with E-state index in [1.54, 1.807) is 25.1 Å². The number of aromatic amines is 1. The Kier molecular flexibility index (Phi) is 5.18. The van der Waals surface area contributed by atoms with E-state index in [9.17, 15) is 18.8 Å². The summed E-state index contributed by atoms with van der Waals surface area (Å²) in [6, 6.07) is 6.07. The summed E-state index contributed by atoms with van der Waals surface area (Å²) in [6.45, 7) is 1.57. The molecule has 0 aliphatic rings. The molecule has 3 N–H and O–H groups in total. The van der Waals surface area contributed by atoms with Crippen molar-refractivity contribution >= 4 is 23.4 Å². The molecule has 1 aromatic carbocycles. The van der Waals surface area contributed by atoms with Gasteiger partial charge in [0.05, 0.1) is 10.8 Å². The maximum Gasteiger partial charge on any atom is 0.332 e. The number of nitrogen functional groups attached to an aromatic ring is 1. The van der Waals surface area contributed by atoms with Gasteiger partial charge in [0.1, 0.15) is 17.2 Å². The lowest BCUT2D eigenvalue weighted by atomic mass is 10.1. The minimum Gasteiger partial charge on any atom is -0.384 e. The normalized spacial score (nSPS) is 12.1. The van der Waals surface area contributed by atoms with E-state index in [0.717, 1.165) is 20.9 Å². The molecule has 2 heterocycles. The van der Waals surface area contributed by atoms with Crippen LogP contribution in [0.1, 0.15) is 17.3 Å². The van der Waals surface area contributed by atoms with Crippen LogP contribution in [0.4, 0.5) is 10.2 Å². The second kappa shape index (κ2) is 7.43. The monoisotopic (exact) mass is 404 g/mol. The van der Waals surface area contributed by atoms with Crippen LogP contribution >= 0.6 is 11.8 Å². The molecule has 0 unspecified atom stereocenters. The molecule has 0 fully saturated rings. The molecule has 1 atom stereocenters. The minimum atomic E-state index is -0.767. The van der Waals surface area contributed by atoms with Crippen LogP contribution in [0.5, 0.6) is 0 Å². The average Bonchev–Trinajstić information content (AvgIpc) is 3.13. The fraction of sp³-hybridized carbons (Fsp3) is 0.235. The first-order valence-corrected chi connectivity index (χ1v) is 9.04. The maximum atomic E-state index is 13.9. The molecule has 0 amide bonds. The SMILES string of the molecule is C[C@H](Sc1n[nH]c(-c2ccccc2F)n1)C(=O)c1c(N)n(C)c(=O)n(C)c1=O. The molecule has 146 valence electrons. The van der Waals surface area contributed by atoms with Gasteiger partial charge >= 0.3 is 5.69 Å². The molecule has 3 rings (SSSR count). The molecule has 3 aromatic rings. The van der Waals surface area contributed by atoms with E-state index in [-0.39, 0.29) is 27.9 Å².